The standard InChI is InChI=1S/C21H20N4O3S/c1-14-6-8-15(9-7-14)12-24-10-11-25(20(28)19(24)27)13-18(26)23-21-22-16-4-2-3-5-17(16)29-21/h2-9H,10-13H2,1H3,(H,22,23,26). The number of rotatable bonds is 5. The predicted molar refractivity (Wildman–Crippen MR) is 111 cm³/mol. The molecule has 4 rings (SSSR count). The summed E-state index contributed by atoms with van der Waals surface area (Å²) in [5.74, 6) is -1.59. The average Bonchev–Trinajstić information content (AvgIpc) is 3.11. The molecule has 2 aromatic carbocycles. The molecule has 29 heavy (non-hydrogen) atoms. The van der Waals surface area contributed by atoms with Crippen LogP contribution in [0.3, 0.4) is 0 Å². The predicted octanol–water partition coefficient (Wildman–Crippen LogP) is 2.41. The van der Waals surface area contributed by atoms with E-state index in [0.717, 1.165) is 21.3 Å². The highest BCUT2D eigenvalue weighted by Gasteiger charge is 2.33. The van der Waals surface area contributed by atoms with Gasteiger partial charge in [-0.2, -0.15) is 0 Å². The second-order valence-electron chi connectivity index (χ2n) is 6.97. The third-order valence-corrected chi connectivity index (χ3v) is 5.72. The van der Waals surface area contributed by atoms with E-state index >= 15 is 0 Å². The van der Waals surface area contributed by atoms with Crippen molar-refractivity contribution in [2.75, 3.05) is 25.0 Å². The minimum absolute atomic E-state index is 0.168. The van der Waals surface area contributed by atoms with Crippen LogP contribution in [-0.4, -0.2) is 52.1 Å². The Bertz CT molecular complexity index is 1040. The normalized spacial score (nSPS) is 14.5. The summed E-state index contributed by atoms with van der Waals surface area (Å²) in [4.78, 5) is 44.4. The van der Waals surface area contributed by atoms with Gasteiger partial charge in [0.2, 0.25) is 5.91 Å². The van der Waals surface area contributed by atoms with Crippen molar-refractivity contribution in [3.63, 3.8) is 0 Å². The lowest BCUT2D eigenvalue weighted by Crippen LogP contribution is -2.55. The highest BCUT2D eigenvalue weighted by Crippen LogP contribution is 2.25. The smallest absolute Gasteiger partial charge is 0.312 e. The van der Waals surface area contributed by atoms with Crippen molar-refractivity contribution in [2.24, 2.45) is 0 Å². The Morgan fingerprint density at radius 1 is 1.03 bits per heavy atom. The highest BCUT2D eigenvalue weighted by molar-refractivity contribution is 7.22. The van der Waals surface area contributed by atoms with Crippen LogP contribution in [0.25, 0.3) is 10.2 Å². The molecule has 1 aliphatic heterocycles. The molecule has 1 saturated heterocycles. The van der Waals surface area contributed by atoms with Crippen LogP contribution in [0.5, 0.6) is 0 Å². The lowest BCUT2D eigenvalue weighted by molar-refractivity contribution is -0.157. The van der Waals surface area contributed by atoms with E-state index in [9.17, 15) is 14.4 Å². The average molecular weight is 408 g/mol. The van der Waals surface area contributed by atoms with Gasteiger partial charge in [0.15, 0.2) is 5.13 Å². The summed E-state index contributed by atoms with van der Waals surface area (Å²) in [7, 11) is 0. The number of para-hydroxylation sites is 1. The molecule has 1 fully saturated rings. The van der Waals surface area contributed by atoms with Crippen molar-refractivity contribution in [1.29, 1.82) is 0 Å². The number of aryl methyl sites for hydroxylation is 1. The molecule has 1 N–H and O–H groups in total. The minimum Gasteiger partial charge on any atom is -0.328 e. The Kier molecular flexibility index (Phi) is 5.26. The van der Waals surface area contributed by atoms with Crippen LogP contribution in [0.1, 0.15) is 11.1 Å². The molecular weight excluding hydrogens is 388 g/mol. The summed E-state index contributed by atoms with van der Waals surface area (Å²) in [6.45, 7) is 2.93. The molecule has 0 atom stereocenters. The van der Waals surface area contributed by atoms with Gasteiger partial charge < -0.3 is 15.1 Å². The lowest BCUT2D eigenvalue weighted by atomic mass is 10.1. The number of nitrogens with one attached hydrogen (secondary N) is 1. The van der Waals surface area contributed by atoms with Crippen LogP contribution < -0.4 is 5.32 Å². The third kappa shape index (κ3) is 4.27. The summed E-state index contributed by atoms with van der Waals surface area (Å²) < 4.78 is 0.971. The van der Waals surface area contributed by atoms with Crippen molar-refractivity contribution in [3.05, 3.63) is 59.7 Å². The van der Waals surface area contributed by atoms with Crippen molar-refractivity contribution in [1.82, 2.24) is 14.8 Å². The number of amides is 3. The minimum atomic E-state index is -0.650. The monoisotopic (exact) mass is 408 g/mol. The number of piperazine rings is 1. The zero-order valence-electron chi connectivity index (χ0n) is 15.9. The Labute approximate surface area is 171 Å². The largest absolute Gasteiger partial charge is 0.328 e. The number of thiazole rings is 1. The van der Waals surface area contributed by atoms with Crippen LogP contribution >= 0.6 is 11.3 Å². The van der Waals surface area contributed by atoms with Gasteiger partial charge in [0.1, 0.15) is 6.54 Å². The summed E-state index contributed by atoms with van der Waals surface area (Å²) in [5, 5.41) is 3.20. The number of carbonyl (C=O) groups excluding carboxylic acids is 3. The van der Waals surface area contributed by atoms with Crippen LogP contribution in [0, 0.1) is 6.92 Å². The number of hydrogen-bond acceptors (Lipinski definition) is 5. The van der Waals surface area contributed by atoms with E-state index in [1.54, 1.807) is 0 Å². The molecule has 1 aliphatic rings. The van der Waals surface area contributed by atoms with Crippen LogP contribution in [0.2, 0.25) is 0 Å². The first-order chi connectivity index (χ1) is 14.0. The molecule has 3 amide bonds. The first-order valence-electron chi connectivity index (χ1n) is 9.29. The number of carbonyl (C=O) groups is 3. The van der Waals surface area contributed by atoms with E-state index in [-0.39, 0.29) is 12.5 Å². The van der Waals surface area contributed by atoms with Crippen LogP contribution in [0.15, 0.2) is 48.5 Å². The number of benzene rings is 2. The zero-order chi connectivity index (χ0) is 20.4. The van der Waals surface area contributed by atoms with Gasteiger partial charge in [-0.05, 0) is 24.6 Å². The van der Waals surface area contributed by atoms with Gasteiger partial charge >= 0.3 is 11.8 Å². The first-order valence-corrected chi connectivity index (χ1v) is 10.1. The highest BCUT2D eigenvalue weighted by atomic mass is 32.1. The Morgan fingerprint density at radius 3 is 2.48 bits per heavy atom. The fourth-order valence-electron chi connectivity index (χ4n) is 3.19. The maximum absolute atomic E-state index is 12.5. The molecule has 0 spiro atoms. The van der Waals surface area contributed by atoms with Gasteiger partial charge in [-0.3, -0.25) is 14.4 Å². The van der Waals surface area contributed by atoms with Gasteiger partial charge in [0.25, 0.3) is 0 Å². The van der Waals surface area contributed by atoms with Crippen molar-refractivity contribution >= 4 is 44.4 Å². The molecule has 8 heteroatoms. The van der Waals surface area contributed by atoms with Crippen molar-refractivity contribution in [3.8, 4) is 0 Å². The maximum atomic E-state index is 12.5. The van der Waals surface area contributed by atoms with Crippen molar-refractivity contribution in [2.45, 2.75) is 13.5 Å². The van der Waals surface area contributed by atoms with Gasteiger partial charge in [-0.25, -0.2) is 4.98 Å². The molecule has 0 unspecified atom stereocenters. The Morgan fingerprint density at radius 2 is 1.72 bits per heavy atom. The van der Waals surface area contributed by atoms with E-state index in [2.05, 4.69) is 10.3 Å². The molecule has 1 aromatic heterocycles. The summed E-state index contributed by atoms with van der Waals surface area (Å²) in [5.41, 5.74) is 2.92. The molecule has 7 nitrogen and oxygen atoms in total. The number of hydrogen-bond donors (Lipinski definition) is 1. The molecule has 148 valence electrons. The van der Waals surface area contributed by atoms with Crippen molar-refractivity contribution < 1.29 is 14.4 Å². The van der Waals surface area contributed by atoms with E-state index in [4.69, 9.17) is 0 Å². The number of anilines is 1. The molecule has 0 aliphatic carbocycles. The van der Waals surface area contributed by atoms with Gasteiger partial charge in [0.05, 0.1) is 10.2 Å². The molecule has 2 heterocycles. The number of aromatic nitrogens is 1. The SMILES string of the molecule is Cc1ccc(CN2CCN(CC(=O)Nc3nc4ccccc4s3)C(=O)C2=O)cc1. The number of fused-ring (bicyclic) bond motifs is 1. The molecule has 0 bridgehead atoms. The summed E-state index contributed by atoms with van der Waals surface area (Å²) in [6.07, 6.45) is 0. The zero-order valence-corrected chi connectivity index (χ0v) is 16.7. The Hall–Kier alpha value is -3.26. The van der Waals surface area contributed by atoms with E-state index in [0.29, 0.717) is 24.8 Å². The summed E-state index contributed by atoms with van der Waals surface area (Å²) in [6, 6.07) is 15.4. The molecule has 0 saturated carbocycles. The number of nitrogens with zero attached hydrogens (tertiary/aromatic N) is 3. The van der Waals surface area contributed by atoms with E-state index in [1.807, 2.05) is 55.5 Å². The van der Waals surface area contributed by atoms with Gasteiger partial charge in [0, 0.05) is 19.6 Å². The topological polar surface area (TPSA) is 82.6 Å². The van der Waals surface area contributed by atoms with Gasteiger partial charge in [-0.1, -0.05) is 53.3 Å². The quantitative estimate of drug-likeness (QED) is 0.658. The lowest BCUT2D eigenvalue weighted by Gasteiger charge is -2.33. The van der Waals surface area contributed by atoms with Gasteiger partial charge in [-0.15, -0.1) is 0 Å². The molecule has 3 aromatic rings. The fourth-order valence-corrected chi connectivity index (χ4v) is 4.07. The van der Waals surface area contributed by atoms with Crippen LogP contribution in [0.4, 0.5) is 5.13 Å². The Balaban J connectivity index is 1.35. The molecule has 0 radical (unpaired) electrons. The van der Waals surface area contributed by atoms with E-state index < -0.39 is 11.8 Å². The third-order valence-electron chi connectivity index (χ3n) is 4.77. The van der Waals surface area contributed by atoms with E-state index in [1.165, 1.54) is 21.1 Å². The second kappa shape index (κ2) is 8.00. The fraction of sp³-hybridized carbons (Fsp3) is 0.238. The second-order valence-corrected chi connectivity index (χ2v) is 8.00. The van der Waals surface area contributed by atoms with Crippen LogP contribution in [-0.2, 0) is 20.9 Å². The molecular formula is C21H20N4O3S. The first kappa shape index (κ1) is 19.1. The maximum Gasteiger partial charge on any atom is 0.312 e. The summed E-state index contributed by atoms with van der Waals surface area (Å²) >= 11 is 1.37.